The fourth-order valence-electron chi connectivity index (χ4n) is 2.05. The maximum absolute atomic E-state index is 5.59. The van der Waals surface area contributed by atoms with Gasteiger partial charge in [-0.2, -0.15) is 0 Å². The highest BCUT2D eigenvalue weighted by Gasteiger charge is 2.32. The van der Waals surface area contributed by atoms with E-state index in [4.69, 9.17) is 4.74 Å². The average Bonchev–Trinajstić information content (AvgIpc) is 2.15. The number of hydrogen-bond acceptors (Lipinski definition) is 2. The van der Waals surface area contributed by atoms with Crippen molar-refractivity contribution in [1.29, 1.82) is 0 Å². The second-order valence-electron chi connectivity index (χ2n) is 4.94. The van der Waals surface area contributed by atoms with Gasteiger partial charge in [0.25, 0.3) is 0 Å². The molecule has 0 fully saturated rings. The molecule has 0 aromatic carbocycles. The van der Waals surface area contributed by atoms with Gasteiger partial charge in [0.05, 0.1) is 12.3 Å². The molecule has 0 saturated carbocycles. The smallest absolute Gasteiger partial charge is 0.141 e. The van der Waals surface area contributed by atoms with Gasteiger partial charge in [-0.25, -0.2) is 0 Å². The third kappa shape index (κ3) is 1.61. The number of fused-ring (bicyclic) bond motifs is 1. The summed E-state index contributed by atoms with van der Waals surface area (Å²) < 4.78 is 5.59. The topological polar surface area (TPSA) is 22.1 Å². The van der Waals surface area contributed by atoms with Crippen LogP contribution in [0, 0.1) is 5.41 Å². The molecule has 76 valence electrons. The van der Waals surface area contributed by atoms with E-state index in [2.05, 4.69) is 25.8 Å². The highest BCUT2D eigenvalue weighted by atomic mass is 16.5. The zero-order valence-electron chi connectivity index (χ0n) is 9.08. The van der Waals surface area contributed by atoms with E-state index in [9.17, 15) is 0 Å². The largest absolute Gasteiger partial charge is 0.492 e. The van der Waals surface area contributed by atoms with Crippen LogP contribution in [0.4, 0.5) is 0 Å². The molecule has 0 saturated heterocycles. The summed E-state index contributed by atoms with van der Waals surface area (Å²) in [4.78, 5) is 4.44. The van der Waals surface area contributed by atoms with E-state index in [1.54, 1.807) is 0 Å². The second-order valence-corrected chi connectivity index (χ2v) is 4.94. The first-order valence-electron chi connectivity index (χ1n) is 5.17. The maximum atomic E-state index is 5.59. The van der Waals surface area contributed by atoms with Crippen molar-refractivity contribution in [3.05, 3.63) is 24.0 Å². The SMILES string of the molecule is CC(C)(C)C1CCOc2cccnc21. The summed E-state index contributed by atoms with van der Waals surface area (Å²) in [6, 6.07) is 3.95. The molecule has 1 aliphatic heterocycles. The van der Waals surface area contributed by atoms with E-state index in [0.717, 1.165) is 24.5 Å². The van der Waals surface area contributed by atoms with Crippen molar-refractivity contribution in [2.24, 2.45) is 5.41 Å². The molecule has 2 heteroatoms. The van der Waals surface area contributed by atoms with E-state index >= 15 is 0 Å². The lowest BCUT2D eigenvalue weighted by Gasteiger charge is -2.34. The minimum atomic E-state index is 0.271. The van der Waals surface area contributed by atoms with Gasteiger partial charge in [0.2, 0.25) is 0 Å². The number of aromatic nitrogens is 1. The van der Waals surface area contributed by atoms with Gasteiger partial charge < -0.3 is 4.74 Å². The minimum absolute atomic E-state index is 0.271. The Morgan fingerprint density at radius 1 is 1.43 bits per heavy atom. The average molecular weight is 191 g/mol. The van der Waals surface area contributed by atoms with E-state index in [1.165, 1.54) is 0 Å². The van der Waals surface area contributed by atoms with Crippen LogP contribution in [-0.4, -0.2) is 11.6 Å². The van der Waals surface area contributed by atoms with Crippen molar-refractivity contribution in [2.75, 3.05) is 6.61 Å². The lowest BCUT2D eigenvalue weighted by Crippen LogP contribution is -2.26. The number of rotatable bonds is 0. The molecule has 1 aliphatic rings. The van der Waals surface area contributed by atoms with Crippen molar-refractivity contribution in [2.45, 2.75) is 33.1 Å². The number of ether oxygens (including phenoxy) is 1. The quantitative estimate of drug-likeness (QED) is 0.629. The van der Waals surface area contributed by atoms with Crippen molar-refractivity contribution in [1.82, 2.24) is 4.98 Å². The molecule has 1 atom stereocenters. The first-order chi connectivity index (χ1) is 6.59. The molecule has 0 spiro atoms. The molecule has 0 aliphatic carbocycles. The normalized spacial score (nSPS) is 21.2. The van der Waals surface area contributed by atoms with Gasteiger partial charge in [0.1, 0.15) is 5.75 Å². The second kappa shape index (κ2) is 3.26. The third-order valence-electron chi connectivity index (χ3n) is 2.84. The molecule has 2 rings (SSSR count). The summed E-state index contributed by atoms with van der Waals surface area (Å²) in [5.41, 5.74) is 1.40. The fourth-order valence-corrected chi connectivity index (χ4v) is 2.05. The van der Waals surface area contributed by atoms with E-state index in [-0.39, 0.29) is 5.41 Å². The first kappa shape index (κ1) is 9.50. The number of hydrogen-bond donors (Lipinski definition) is 0. The Balaban J connectivity index is 2.41. The zero-order valence-corrected chi connectivity index (χ0v) is 9.08. The van der Waals surface area contributed by atoms with E-state index in [1.807, 2.05) is 18.3 Å². The van der Waals surface area contributed by atoms with E-state index < -0.39 is 0 Å². The molecule has 14 heavy (non-hydrogen) atoms. The monoisotopic (exact) mass is 191 g/mol. The summed E-state index contributed by atoms with van der Waals surface area (Å²) in [5.74, 6) is 1.49. The summed E-state index contributed by atoms with van der Waals surface area (Å²) >= 11 is 0. The summed E-state index contributed by atoms with van der Waals surface area (Å²) in [7, 11) is 0. The molecule has 0 radical (unpaired) electrons. The lowest BCUT2D eigenvalue weighted by atomic mass is 9.76. The van der Waals surface area contributed by atoms with Crippen LogP contribution in [0.25, 0.3) is 0 Å². The molecule has 2 nitrogen and oxygen atoms in total. The molecule has 1 aromatic heterocycles. The Morgan fingerprint density at radius 3 is 2.93 bits per heavy atom. The van der Waals surface area contributed by atoms with Gasteiger partial charge in [0, 0.05) is 12.1 Å². The standard InChI is InChI=1S/C12H17NO/c1-12(2,3)9-6-8-14-10-5-4-7-13-11(9)10/h4-5,7,9H,6,8H2,1-3H3. The molecular weight excluding hydrogens is 174 g/mol. The molecule has 1 unspecified atom stereocenters. The van der Waals surface area contributed by atoms with Crippen LogP contribution in [-0.2, 0) is 0 Å². The summed E-state index contributed by atoms with van der Waals surface area (Å²) in [5, 5.41) is 0. The van der Waals surface area contributed by atoms with Crippen molar-refractivity contribution >= 4 is 0 Å². The van der Waals surface area contributed by atoms with Gasteiger partial charge in [-0.1, -0.05) is 20.8 Å². The molecule has 0 N–H and O–H groups in total. The predicted molar refractivity (Wildman–Crippen MR) is 56.5 cm³/mol. The van der Waals surface area contributed by atoms with E-state index in [0.29, 0.717) is 5.92 Å². The highest BCUT2D eigenvalue weighted by Crippen LogP contribution is 2.42. The van der Waals surface area contributed by atoms with Crippen LogP contribution in [0.15, 0.2) is 18.3 Å². The third-order valence-corrected chi connectivity index (χ3v) is 2.84. The Hall–Kier alpha value is -1.05. The molecular formula is C12H17NO. The Bertz CT molecular complexity index is 327. The minimum Gasteiger partial charge on any atom is -0.492 e. The molecule has 0 amide bonds. The number of pyridine rings is 1. The zero-order chi connectivity index (χ0) is 10.2. The molecule has 0 bridgehead atoms. The maximum Gasteiger partial charge on any atom is 0.141 e. The van der Waals surface area contributed by atoms with Crippen molar-refractivity contribution in [3.8, 4) is 5.75 Å². The van der Waals surface area contributed by atoms with Crippen molar-refractivity contribution < 1.29 is 4.74 Å². The Labute approximate surface area is 85.3 Å². The van der Waals surface area contributed by atoms with Gasteiger partial charge >= 0.3 is 0 Å². The fraction of sp³-hybridized carbons (Fsp3) is 0.583. The number of nitrogens with zero attached hydrogens (tertiary/aromatic N) is 1. The van der Waals surface area contributed by atoms with Crippen LogP contribution in [0.3, 0.4) is 0 Å². The van der Waals surface area contributed by atoms with Crippen LogP contribution < -0.4 is 4.74 Å². The summed E-state index contributed by atoms with van der Waals surface area (Å²) in [6.45, 7) is 7.62. The Morgan fingerprint density at radius 2 is 2.21 bits per heavy atom. The van der Waals surface area contributed by atoms with Crippen LogP contribution >= 0.6 is 0 Å². The molecule has 1 aromatic rings. The summed E-state index contributed by atoms with van der Waals surface area (Å²) in [6.07, 6.45) is 2.93. The van der Waals surface area contributed by atoms with Crippen molar-refractivity contribution in [3.63, 3.8) is 0 Å². The highest BCUT2D eigenvalue weighted by molar-refractivity contribution is 5.32. The van der Waals surface area contributed by atoms with Gasteiger partial charge in [0.15, 0.2) is 0 Å². The van der Waals surface area contributed by atoms with Crippen LogP contribution in [0.5, 0.6) is 5.75 Å². The Kier molecular flexibility index (Phi) is 2.22. The van der Waals surface area contributed by atoms with Crippen LogP contribution in [0.2, 0.25) is 0 Å². The van der Waals surface area contributed by atoms with Gasteiger partial charge in [-0.15, -0.1) is 0 Å². The first-order valence-corrected chi connectivity index (χ1v) is 5.17. The molecule has 2 heterocycles. The van der Waals surface area contributed by atoms with Gasteiger partial charge in [-0.3, -0.25) is 4.98 Å². The lowest BCUT2D eigenvalue weighted by molar-refractivity contribution is 0.199. The van der Waals surface area contributed by atoms with Crippen LogP contribution in [0.1, 0.15) is 38.8 Å². The van der Waals surface area contributed by atoms with Gasteiger partial charge in [-0.05, 0) is 24.0 Å². The predicted octanol–water partition coefficient (Wildman–Crippen LogP) is 2.99.